The second-order valence-corrected chi connectivity index (χ2v) is 7.62. The van der Waals surface area contributed by atoms with Crippen molar-refractivity contribution in [1.29, 1.82) is 0 Å². The van der Waals surface area contributed by atoms with Gasteiger partial charge in [-0.3, -0.25) is 4.79 Å². The molecule has 0 saturated carbocycles. The minimum atomic E-state index is -3.11. The van der Waals surface area contributed by atoms with Crippen LogP contribution in [0.5, 0.6) is 11.5 Å². The van der Waals surface area contributed by atoms with Gasteiger partial charge in [-0.05, 0) is 25.0 Å². The number of aryl methyl sites for hydroxylation is 2. The van der Waals surface area contributed by atoms with E-state index in [0.717, 1.165) is 0 Å². The van der Waals surface area contributed by atoms with E-state index >= 15 is 0 Å². The average molecular weight is 417 g/mol. The summed E-state index contributed by atoms with van der Waals surface area (Å²) in [5.74, 6) is -1.01. The number of hydrogen-bond donors (Lipinski definition) is 5. The van der Waals surface area contributed by atoms with Crippen molar-refractivity contribution in [1.82, 2.24) is 14.9 Å². The van der Waals surface area contributed by atoms with Gasteiger partial charge < -0.3 is 40.2 Å². The van der Waals surface area contributed by atoms with E-state index in [4.69, 9.17) is 15.1 Å². The number of aromatic carboxylic acids is 1. The van der Waals surface area contributed by atoms with Gasteiger partial charge in [0, 0.05) is 6.20 Å². The first-order chi connectivity index (χ1) is 14.1. The minimum absolute atomic E-state index is 0.0122. The zero-order chi connectivity index (χ0) is 21.6. The molecule has 0 aliphatic carbocycles. The van der Waals surface area contributed by atoms with Gasteiger partial charge in [0.1, 0.15) is 29.3 Å². The summed E-state index contributed by atoms with van der Waals surface area (Å²) in [6.45, 7) is -0.879. The zero-order valence-electron chi connectivity index (χ0n) is 16.2. The number of amides is 1. The van der Waals surface area contributed by atoms with Crippen molar-refractivity contribution in [3.8, 4) is 11.5 Å². The van der Waals surface area contributed by atoms with Crippen LogP contribution in [0.2, 0.25) is 6.32 Å². The van der Waals surface area contributed by atoms with Crippen molar-refractivity contribution in [2.75, 3.05) is 13.1 Å². The summed E-state index contributed by atoms with van der Waals surface area (Å²) in [5, 5.41) is 29.2. The summed E-state index contributed by atoms with van der Waals surface area (Å²) in [4.78, 5) is 32.9. The van der Waals surface area contributed by atoms with Crippen LogP contribution in [-0.2, 0) is 11.2 Å². The molecule has 11 nitrogen and oxygen atoms in total. The van der Waals surface area contributed by atoms with Crippen molar-refractivity contribution in [2.24, 2.45) is 5.73 Å². The summed E-state index contributed by atoms with van der Waals surface area (Å²) in [5.41, 5.74) is 6.71. The molecule has 12 heteroatoms. The molecule has 1 saturated heterocycles. The van der Waals surface area contributed by atoms with Gasteiger partial charge in [-0.1, -0.05) is 12.4 Å². The first kappa shape index (κ1) is 20.2. The number of aromatic nitrogens is 2. The Morgan fingerprint density at radius 1 is 1.40 bits per heavy atom. The smallest absolute Gasteiger partial charge is 0.430 e. The number of hydrogen-bond acceptors (Lipinski definition) is 8. The lowest BCUT2D eigenvalue weighted by atomic mass is 9.70. The Kier molecular flexibility index (Phi) is 4.92. The highest BCUT2D eigenvalue weighted by Gasteiger charge is 2.38. The van der Waals surface area contributed by atoms with Gasteiger partial charge in [-0.25, -0.2) is 9.78 Å². The molecule has 4 rings (SSSR count). The summed E-state index contributed by atoms with van der Waals surface area (Å²) in [7, 11) is 0. The van der Waals surface area contributed by atoms with Crippen molar-refractivity contribution in [2.45, 2.75) is 31.8 Å². The average Bonchev–Trinajstić information content (AvgIpc) is 3.08. The van der Waals surface area contributed by atoms with E-state index in [1.165, 1.54) is 11.0 Å². The van der Waals surface area contributed by atoms with Crippen LogP contribution < -0.4 is 15.1 Å². The van der Waals surface area contributed by atoms with Crippen LogP contribution in [0.1, 0.15) is 33.5 Å². The third kappa shape index (κ3) is 3.72. The number of ether oxygens (including phenoxy) is 1. The minimum Gasteiger partial charge on any atom is -0.669 e. The van der Waals surface area contributed by atoms with Crippen molar-refractivity contribution < 1.29 is 34.1 Å². The Bertz CT molecular complexity index is 1000. The molecule has 3 heterocycles. The molecule has 0 radical (unpaired) electrons. The fourth-order valence-electron chi connectivity index (χ4n) is 3.62. The van der Waals surface area contributed by atoms with Crippen molar-refractivity contribution in [3.05, 3.63) is 41.0 Å². The zero-order valence-corrected chi connectivity index (χ0v) is 16.2. The molecule has 6 N–H and O–H groups in total. The Hall–Kier alpha value is -3.09. The molecule has 160 valence electrons. The lowest BCUT2D eigenvalue weighted by Gasteiger charge is -2.41. The predicted molar refractivity (Wildman–Crippen MR) is 104 cm³/mol. The van der Waals surface area contributed by atoms with Gasteiger partial charge in [-0.15, -0.1) is 0 Å². The number of H-pyrrole nitrogens is 1. The van der Waals surface area contributed by atoms with E-state index in [1.54, 1.807) is 19.2 Å². The van der Waals surface area contributed by atoms with Gasteiger partial charge in [0.15, 0.2) is 0 Å². The summed E-state index contributed by atoms with van der Waals surface area (Å²) in [6, 6.07) is 2.26. The molecule has 2 aromatic rings. The fraction of sp³-hybridized carbons (Fsp3) is 0.389. The first-order valence-corrected chi connectivity index (χ1v) is 9.56. The summed E-state index contributed by atoms with van der Waals surface area (Å²) in [6.07, 6.45) is 1.42. The molecule has 2 aliphatic rings. The van der Waals surface area contributed by atoms with Crippen LogP contribution in [-0.4, -0.2) is 67.8 Å². The topological polar surface area (TPSA) is 171 Å². The number of carbonyl (C=O) groups is 2. The number of likely N-dealkylation sites (tertiary alicyclic amines) is 1. The number of carboxylic acid groups (broad SMARTS) is 1. The van der Waals surface area contributed by atoms with E-state index in [2.05, 4.69) is 9.97 Å². The molecule has 0 bridgehead atoms. The van der Waals surface area contributed by atoms with Gasteiger partial charge in [0.05, 0.1) is 24.5 Å². The molecule has 30 heavy (non-hydrogen) atoms. The second-order valence-electron chi connectivity index (χ2n) is 7.62. The molecule has 1 aromatic heterocycles. The molecular weight excluding hydrogens is 395 g/mol. The van der Waals surface area contributed by atoms with Crippen LogP contribution in [0.4, 0.5) is 0 Å². The number of fused-ring (bicyclic) bond motifs is 1. The highest BCUT2D eigenvalue weighted by atomic mass is 16.6. The van der Waals surface area contributed by atoms with E-state index < -0.39 is 24.9 Å². The highest BCUT2D eigenvalue weighted by Crippen LogP contribution is 2.39. The fourth-order valence-corrected chi connectivity index (χ4v) is 3.62. The van der Waals surface area contributed by atoms with E-state index in [0.29, 0.717) is 17.1 Å². The maximum atomic E-state index is 12.5. The summed E-state index contributed by atoms with van der Waals surface area (Å²) >= 11 is 0. The Labute approximate surface area is 171 Å². The third-order valence-electron chi connectivity index (χ3n) is 5.27. The van der Waals surface area contributed by atoms with Crippen LogP contribution in [0.25, 0.3) is 0 Å². The normalized spacial score (nSPS) is 18.7. The molecule has 1 fully saturated rings. The van der Waals surface area contributed by atoms with E-state index in [1.807, 2.05) is 0 Å². The largest absolute Gasteiger partial charge is 0.669 e. The van der Waals surface area contributed by atoms with Gasteiger partial charge in [-0.2, -0.15) is 0 Å². The Morgan fingerprint density at radius 3 is 2.77 bits per heavy atom. The standard InChI is InChI=1S/C18H22BN4O7/c1-9-21-6-12(22-9)15(20)17(24)23-7-11(8-23)29-13-3-2-10-4-5-19(27,28)30-16(10)14(13)18(25)26/h2-3,6,11,15,27-28H,4-5,7-8,20H2,1H3,(H,21,22)(H,25,26)/q-1. The van der Waals surface area contributed by atoms with Gasteiger partial charge >= 0.3 is 12.7 Å². The van der Waals surface area contributed by atoms with Crippen LogP contribution >= 0.6 is 0 Å². The molecule has 0 spiro atoms. The predicted octanol–water partition coefficient (Wildman–Crippen LogP) is -0.436. The maximum absolute atomic E-state index is 12.5. The quantitative estimate of drug-likeness (QED) is 0.405. The lowest BCUT2D eigenvalue weighted by molar-refractivity contribution is -0.141. The second kappa shape index (κ2) is 7.31. The molecule has 1 atom stereocenters. The molecular formula is C18H22BN4O7-. The molecule has 1 aromatic carbocycles. The highest BCUT2D eigenvalue weighted by molar-refractivity contribution is 6.59. The number of imidazole rings is 1. The monoisotopic (exact) mass is 417 g/mol. The SMILES string of the molecule is Cc1nc(C(N)C(=O)N2CC(Oc3ccc4c(c3C(=O)O)O[B-](O)(O)CC4)C2)c[nH]1. The Morgan fingerprint density at radius 2 is 2.13 bits per heavy atom. The van der Waals surface area contributed by atoms with Crippen LogP contribution in [0, 0.1) is 6.92 Å². The number of benzene rings is 1. The van der Waals surface area contributed by atoms with E-state index in [-0.39, 0.29) is 48.8 Å². The summed E-state index contributed by atoms with van der Waals surface area (Å²) < 4.78 is 10.9. The molecule has 1 amide bonds. The number of carbonyl (C=O) groups excluding carboxylic acids is 1. The van der Waals surface area contributed by atoms with Gasteiger partial charge in [0.2, 0.25) is 5.91 Å². The number of aromatic amines is 1. The maximum Gasteiger partial charge on any atom is 0.430 e. The van der Waals surface area contributed by atoms with Crippen molar-refractivity contribution >= 4 is 18.6 Å². The van der Waals surface area contributed by atoms with Gasteiger partial charge in [0.25, 0.3) is 0 Å². The number of nitrogens with one attached hydrogen (secondary N) is 1. The number of carboxylic acids is 1. The molecule has 2 aliphatic heterocycles. The molecule has 1 unspecified atom stereocenters. The van der Waals surface area contributed by atoms with Crippen LogP contribution in [0.15, 0.2) is 18.3 Å². The van der Waals surface area contributed by atoms with Crippen LogP contribution in [0.3, 0.4) is 0 Å². The number of nitrogens with two attached hydrogens (primary N) is 1. The number of nitrogens with zero attached hydrogens (tertiary/aromatic N) is 2. The van der Waals surface area contributed by atoms with E-state index in [9.17, 15) is 24.7 Å². The number of rotatable bonds is 5. The lowest BCUT2D eigenvalue weighted by Crippen LogP contribution is -2.58. The van der Waals surface area contributed by atoms with Crippen molar-refractivity contribution in [3.63, 3.8) is 0 Å². The Balaban J connectivity index is 1.45. The third-order valence-corrected chi connectivity index (χ3v) is 5.27. The first-order valence-electron chi connectivity index (χ1n) is 9.56.